The first-order chi connectivity index (χ1) is 34.8. The zero-order valence-corrected chi connectivity index (χ0v) is 39.3. The van der Waals surface area contributed by atoms with Gasteiger partial charge in [-0.25, -0.2) is 0 Å². The maximum Gasteiger partial charge on any atom is 0.180 e. The van der Waals surface area contributed by atoms with Crippen LogP contribution in [-0.4, -0.2) is 21.8 Å². The highest BCUT2D eigenvalue weighted by Gasteiger charge is 2.43. The zero-order valence-electron chi connectivity index (χ0n) is 38.3. The highest BCUT2D eigenvalue weighted by molar-refractivity contribution is 7.20. The molecule has 0 aliphatic rings. The highest BCUT2D eigenvalue weighted by atomic mass is 28.3. The van der Waals surface area contributed by atoms with E-state index in [9.17, 15) is 0 Å². The van der Waals surface area contributed by atoms with Crippen LogP contribution < -0.4 is 20.7 Å². The molecular weight excluding hydrogens is 863 g/mol. The summed E-state index contributed by atoms with van der Waals surface area (Å²) in [6.45, 7) is 0. The van der Waals surface area contributed by atoms with Gasteiger partial charge in [0.2, 0.25) is 0 Å². The first kappa shape index (κ1) is 40.1. The van der Waals surface area contributed by atoms with E-state index >= 15 is 0 Å². The fourth-order valence-electron chi connectivity index (χ4n) is 11.9. The van der Waals surface area contributed by atoms with Crippen molar-refractivity contribution in [1.82, 2.24) is 13.7 Å². The fraction of sp³-hybridized carbons (Fsp3) is 0. The molecular formula is C66H45N3Si. The van der Waals surface area contributed by atoms with Crippen molar-refractivity contribution in [3.8, 4) is 28.2 Å². The highest BCUT2D eigenvalue weighted by Crippen LogP contribution is 2.43. The van der Waals surface area contributed by atoms with E-state index in [4.69, 9.17) is 0 Å². The van der Waals surface area contributed by atoms with Crippen molar-refractivity contribution in [3.63, 3.8) is 0 Å². The summed E-state index contributed by atoms with van der Waals surface area (Å²) in [5.74, 6) is 0. The Morgan fingerprint density at radius 3 is 1.13 bits per heavy atom. The Balaban J connectivity index is 1.13. The Kier molecular flexibility index (Phi) is 9.23. The molecule has 328 valence electrons. The average molecular weight is 908 g/mol. The molecule has 3 heterocycles. The Labute approximate surface area is 407 Å². The van der Waals surface area contributed by atoms with Crippen LogP contribution >= 0.6 is 0 Å². The van der Waals surface area contributed by atoms with Crippen LogP contribution in [0.3, 0.4) is 0 Å². The van der Waals surface area contributed by atoms with Crippen molar-refractivity contribution in [3.05, 3.63) is 273 Å². The van der Waals surface area contributed by atoms with E-state index in [0.717, 1.165) is 28.1 Å². The van der Waals surface area contributed by atoms with Gasteiger partial charge in [0.25, 0.3) is 0 Å². The predicted octanol–water partition coefficient (Wildman–Crippen LogP) is 14.0. The molecule has 4 heteroatoms. The summed E-state index contributed by atoms with van der Waals surface area (Å²) in [4.78, 5) is 0. The zero-order chi connectivity index (χ0) is 46.2. The van der Waals surface area contributed by atoms with E-state index in [1.807, 2.05) is 0 Å². The molecule has 0 aliphatic carbocycles. The number of benzene rings is 11. The number of nitrogens with zero attached hydrogens (tertiary/aromatic N) is 3. The van der Waals surface area contributed by atoms with Crippen LogP contribution in [0, 0.1) is 0 Å². The fourth-order valence-corrected chi connectivity index (χ4v) is 16.9. The molecule has 0 amide bonds. The minimum absolute atomic E-state index is 1.10. The molecule has 3 nitrogen and oxygen atoms in total. The van der Waals surface area contributed by atoms with E-state index in [1.165, 1.54) is 86.3 Å². The second-order valence-electron chi connectivity index (χ2n) is 18.4. The smallest absolute Gasteiger partial charge is 0.180 e. The maximum absolute atomic E-state index is 2.95. The van der Waals surface area contributed by atoms with Crippen LogP contribution in [0.5, 0.6) is 0 Å². The summed E-state index contributed by atoms with van der Waals surface area (Å²) in [5, 5.41) is 12.9. The molecule has 70 heavy (non-hydrogen) atoms. The lowest BCUT2D eigenvalue weighted by Crippen LogP contribution is -2.74. The predicted molar refractivity (Wildman–Crippen MR) is 299 cm³/mol. The Hall–Kier alpha value is -8.96. The molecule has 0 bridgehead atoms. The average Bonchev–Trinajstić information content (AvgIpc) is 4.09. The van der Waals surface area contributed by atoms with Gasteiger partial charge in [0, 0.05) is 38.0 Å². The maximum atomic E-state index is 2.56. The molecule has 0 unspecified atom stereocenters. The van der Waals surface area contributed by atoms with Gasteiger partial charge in [-0.2, -0.15) is 0 Å². The molecule has 3 aromatic heterocycles. The molecule has 0 radical (unpaired) electrons. The van der Waals surface area contributed by atoms with Gasteiger partial charge < -0.3 is 13.7 Å². The second kappa shape index (κ2) is 16.1. The van der Waals surface area contributed by atoms with Crippen molar-refractivity contribution in [1.29, 1.82) is 0 Å². The van der Waals surface area contributed by atoms with Crippen molar-refractivity contribution in [2.75, 3.05) is 0 Å². The van der Waals surface area contributed by atoms with Gasteiger partial charge in [0.15, 0.2) is 8.07 Å². The molecule has 0 fully saturated rings. The molecule has 0 aliphatic heterocycles. The van der Waals surface area contributed by atoms with Gasteiger partial charge >= 0.3 is 0 Å². The molecule has 0 N–H and O–H groups in total. The molecule has 0 saturated carbocycles. The summed E-state index contributed by atoms with van der Waals surface area (Å²) in [6.07, 6.45) is 0. The lowest BCUT2D eigenvalue weighted by Gasteiger charge is -2.35. The van der Waals surface area contributed by atoms with Crippen molar-refractivity contribution in [2.24, 2.45) is 0 Å². The molecule has 0 saturated heterocycles. The van der Waals surface area contributed by atoms with E-state index in [2.05, 4.69) is 287 Å². The lowest BCUT2D eigenvalue weighted by atomic mass is 10.1. The standard InChI is InChI=1S/C66H45N3Si/c1-5-22-46(23-6-1)47-42-44-48(45-43-47)67-65-54(33-19-39-61(65)68-57-35-16-13-30-52(57)53-31-14-17-36-58(53)68)55-34-20-40-62(66(55)67)69-59-37-18-15-32-56(59)64-60(69)38-21-41-63(64)70(49-24-7-2-8-25-49,50-26-9-3-10-27-50)51-28-11-4-12-29-51/h1-45H. The summed E-state index contributed by atoms with van der Waals surface area (Å²) >= 11 is 0. The van der Waals surface area contributed by atoms with Gasteiger partial charge in [-0.05, 0) is 80.4 Å². The Bertz CT molecular complexity index is 4110. The van der Waals surface area contributed by atoms with Gasteiger partial charge in [0.05, 0.1) is 44.5 Å². The molecule has 0 spiro atoms. The summed E-state index contributed by atoms with van der Waals surface area (Å²) in [6, 6.07) is 101. The summed E-state index contributed by atoms with van der Waals surface area (Å²) in [7, 11) is -2.95. The monoisotopic (exact) mass is 907 g/mol. The van der Waals surface area contributed by atoms with Crippen molar-refractivity contribution >= 4 is 94.2 Å². The largest absolute Gasteiger partial charge is 0.307 e. The Morgan fingerprint density at radius 2 is 0.614 bits per heavy atom. The Morgan fingerprint density at radius 1 is 0.243 bits per heavy atom. The number of para-hydroxylation sites is 5. The van der Waals surface area contributed by atoms with Crippen LogP contribution in [0.4, 0.5) is 0 Å². The van der Waals surface area contributed by atoms with E-state index < -0.39 is 8.07 Å². The molecule has 14 aromatic rings. The lowest BCUT2D eigenvalue weighted by molar-refractivity contribution is 1.11. The number of fused-ring (bicyclic) bond motifs is 9. The van der Waals surface area contributed by atoms with Gasteiger partial charge in [-0.15, -0.1) is 0 Å². The van der Waals surface area contributed by atoms with Crippen LogP contribution in [-0.2, 0) is 0 Å². The van der Waals surface area contributed by atoms with Crippen molar-refractivity contribution in [2.45, 2.75) is 0 Å². The van der Waals surface area contributed by atoms with E-state index in [0.29, 0.717) is 0 Å². The quantitative estimate of drug-likeness (QED) is 0.107. The third-order valence-electron chi connectivity index (χ3n) is 14.8. The minimum atomic E-state index is -2.95. The van der Waals surface area contributed by atoms with Crippen LogP contribution in [0.15, 0.2) is 273 Å². The number of hydrogen-bond acceptors (Lipinski definition) is 0. The van der Waals surface area contributed by atoms with Crippen molar-refractivity contribution < 1.29 is 0 Å². The number of hydrogen-bond donors (Lipinski definition) is 0. The van der Waals surface area contributed by atoms with Crippen LogP contribution in [0.25, 0.3) is 93.6 Å². The summed E-state index contributed by atoms with van der Waals surface area (Å²) in [5.41, 5.74) is 12.8. The first-order valence-electron chi connectivity index (χ1n) is 24.2. The SMILES string of the molecule is c1ccc(-c2ccc(-n3c4c(-n5c6ccccc6c6ccccc65)cccc4c4cccc(-n5c6ccccc6c6c([Si](c7ccccc7)(c7ccccc7)c7ccccc7)cccc65)c43)cc2)cc1. The van der Waals surface area contributed by atoms with Gasteiger partial charge in [-0.1, -0.05) is 224 Å². The number of aromatic nitrogens is 3. The van der Waals surface area contributed by atoms with Crippen LogP contribution in [0.1, 0.15) is 0 Å². The second-order valence-corrected chi connectivity index (χ2v) is 22.1. The third-order valence-corrected chi connectivity index (χ3v) is 19.6. The van der Waals surface area contributed by atoms with E-state index in [1.54, 1.807) is 0 Å². The molecule has 0 atom stereocenters. The third kappa shape index (κ3) is 5.87. The van der Waals surface area contributed by atoms with Gasteiger partial charge in [0.1, 0.15) is 0 Å². The van der Waals surface area contributed by atoms with Gasteiger partial charge in [-0.3, -0.25) is 0 Å². The normalized spacial score (nSPS) is 12.0. The minimum Gasteiger partial charge on any atom is -0.307 e. The number of rotatable bonds is 8. The molecule has 11 aromatic carbocycles. The van der Waals surface area contributed by atoms with Crippen LogP contribution in [0.2, 0.25) is 0 Å². The summed E-state index contributed by atoms with van der Waals surface area (Å²) < 4.78 is 7.59. The topological polar surface area (TPSA) is 14.8 Å². The first-order valence-corrected chi connectivity index (χ1v) is 26.2. The van der Waals surface area contributed by atoms with E-state index in [-0.39, 0.29) is 0 Å². The molecule has 14 rings (SSSR count).